The van der Waals surface area contributed by atoms with Crippen LogP contribution in [0, 0.1) is 5.82 Å². The van der Waals surface area contributed by atoms with Crippen LogP contribution in [0.2, 0.25) is 0 Å². The molecule has 1 aliphatic carbocycles. The van der Waals surface area contributed by atoms with Crippen LogP contribution < -0.4 is 5.32 Å². The monoisotopic (exact) mass is 518 g/mol. The highest BCUT2D eigenvalue weighted by Crippen LogP contribution is 2.44. The molecule has 3 aromatic heterocycles. The number of ether oxygens (including phenoxy) is 1. The highest BCUT2D eigenvalue weighted by Gasteiger charge is 2.31. The molecular formula is C26H23FN6O3S. The number of morpholine rings is 1. The number of carbonyl (C=O) groups excluding carboxylic acids is 2. The van der Waals surface area contributed by atoms with E-state index in [1.165, 1.54) is 24.3 Å². The smallest absolute Gasteiger partial charge is 0.254 e. The molecule has 188 valence electrons. The van der Waals surface area contributed by atoms with Crippen LogP contribution in [0.5, 0.6) is 0 Å². The lowest BCUT2D eigenvalue weighted by Crippen LogP contribution is -2.40. The van der Waals surface area contributed by atoms with Crippen LogP contribution in [0.1, 0.15) is 28.5 Å². The van der Waals surface area contributed by atoms with Gasteiger partial charge in [-0.05, 0) is 43.2 Å². The molecule has 1 N–H and O–H groups in total. The Bertz CT molecular complexity index is 1510. The summed E-state index contributed by atoms with van der Waals surface area (Å²) in [5.41, 5.74) is 4.59. The van der Waals surface area contributed by atoms with Crippen molar-refractivity contribution < 1.29 is 18.7 Å². The van der Waals surface area contributed by atoms with Crippen molar-refractivity contribution in [1.82, 2.24) is 24.6 Å². The van der Waals surface area contributed by atoms with Crippen LogP contribution in [0.25, 0.3) is 27.5 Å². The summed E-state index contributed by atoms with van der Waals surface area (Å²) in [5.74, 6) is -0.986. The van der Waals surface area contributed by atoms with Gasteiger partial charge >= 0.3 is 0 Å². The van der Waals surface area contributed by atoms with Gasteiger partial charge in [-0.25, -0.2) is 14.1 Å². The second-order valence-corrected chi connectivity index (χ2v) is 9.88. The molecule has 1 aliphatic heterocycles. The van der Waals surface area contributed by atoms with Crippen molar-refractivity contribution in [2.45, 2.75) is 19.8 Å². The number of anilines is 1. The van der Waals surface area contributed by atoms with E-state index in [0.29, 0.717) is 44.3 Å². The summed E-state index contributed by atoms with van der Waals surface area (Å²) in [5, 5.41) is 8.09. The van der Waals surface area contributed by atoms with Gasteiger partial charge in [0.1, 0.15) is 11.5 Å². The number of thiazole rings is 1. The Hall–Kier alpha value is -3.96. The summed E-state index contributed by atoms with van der Waals surface area (Å²) < 4.78 is 22.6. The minimum atomic E-state index is -0.555. The fraction of sp³-hybridized carbons (Fsp3) is 0.269. The number of aryl methyl sites for hydroxylation is 1. The van der Waals surface area contributed by atoms with Crippen LogP contribution in [0.4, 0.5) is 9.52 Å². The average molecular weight is 519 g/mol. The largest absolute Gasteiger partial charge is 0.378 e. The molecule has 0 saturated carbocycles. The molecule has 0 unspecified atom stereocenters. The number of hydrogen-bond donors (Lipinski definition) is 1. The predicted octanol–water partition coefficient (Wildman–Crippen LogP) is 3.73. The van der Waals surface area contributed by atoms with Crippen LogP contribution >= 0.6 is 11.3 Å². The van der Waals surface area contributed by atoms with Crippen molar-refractivity contribution in [2.24, 2.45) is 0 Å². The maximum atomic E-state index is 15.7. The lowest BCUT2D eigenvalue weighted by molar-refractivity contribution is -0.114. The first-order valence-electron chi connectivity index (χ1n) is 12.0. The number of carbonyl (C=O) groups is 2. The Morgan fingerprint density at radius 3 is 2.73 bits per heavy atom. The number of amides is 2. The predicted molar refractivity (Wildman–Crippen MR) is 136 cm³/mol. The van der Waals surface area contributed by atoms with Gasteiger partial charge in [-0.2, -0.15) is 5.10 Å². The van der Waals surface area contributed by atoms with Gasteiger partial charge in [0.25, 0.3) is 5.91 Å². The summed E-state index contributed by atoms with van der Waals surface area (Å²) in [7, 11) is 0. The number of aromatic nitrogens is 4. The van der Waals surface area contributed by atoms with Gasteiger partial charge in [-0.15, -0.1) is 0 Å². The van der Waals surface area contributed by atoms with Crippen molar-refractivity contribution in [1.29, 1.82) is 0 Å². The van der Waals surface area contributed by atoms with Gasteiger partial charge in [-0.3, -0.25) is 14.6 Å². The van der Waals surface area contributed by atoms with Crippen molar-refractivity contribution in [3.63, 3.8) is 0 Å². The average Bonchev–Trinajstić information content (AvgIpc) is 3.50. The van der Waals surface area contributed by atoms with E-state index >= 15 is 4.39 Å². The standard InChI is InChI=1S/C26H23FN6O3S/c1-15(34)29-26-30-20-6-5-18-22(17-3-2-8-28-14-17)31-33(23(18)24(20)37-26)21-7-4-16(13-19(21)27)25(35)32-9-11-36-12-10-32/h2-4,7-8,13-14H,5-6,9-12H2,1H3,(H,29,30,34). The number of nitrogens with one attached hydrogen (secondary N) is 1. The molecule has 1 fully saturated rings. The fourth-order valence-corrected chi connectivity index (χ4v) is 5.86. The number of benzene rings is 1. The van der Waals surface area contributed by atoms with Gasteiger partial charge in [0.05, 0.1) is 35.2 Å². The third kappa shape index (κ3) is 4.30. The molecule has 11 heteroatoms. The van der Waals surface area contributed by atoms with Gasteiger partial charge < -0.3 is 15.0 Å². The number of nitrogens with zero attached hydrogens (tertiary/aromatic N) is 5. The lowest BCUT2D eigenvalue weighted by atomic mass is 9.95. The second kappa shape index (κ2) is 9.49. The molecule has 1 aromatic carbocycles. The van der Waals surface area contributed by atoms with E-state index < -0.39 is 5.82 Å². The molecule has 2 aliphatic rings. The molecule has 4 heterocycles. The molecule has 2 amide bonds. The molecule has 0 bridgehead atoms. The van der Waals surface area contributed by atoms with Gasteiger partial charge in [0.15, 0.2) is 5.13 Å². The van der Waals surface area contributed by atoms with Crippen LogP contribution in [-0.2, 0) is 22.4 Å². The van der Waals surface area contributed by atoms with E-state index in [-0.39, 0.29) is 23.1 Å². The first kappa shape index (κ1) is 23.4. The van der Waals surface area contributed by atoms with Crippen molar-refractivity contribution in [2.75, 3.05) is 31.6 Å². The molecule has 0 atom stereocenters. The van der Waals surface area contributed by atoms with Gasteiger partial charge in [0, 0.05) is 49.1 Å². The first-order valence-corrected chi connectivity index (χ1v) is 12.8. The van der Waals surface area contributed by atoms with Crippen molar-refractivity contribution in [3.8, 4) is 27.5 Å². The molecular weight excluding hydrogens is 495 g/mol. The van der Waals surface area contributed by atoms with Gasteiger partial charge in [-0.1, -0.05) is 11.3 Å². The van der Waals surface area contributed by atoms with E-state index in [9.17, 15) is 9.59 Å². The minimum absolute atomic E-state index is 0.206. The zero-order chi connectivity index (χ0) is 25.5. The van der Waals surface area contributed by atoms with E-state index in [0.717, 1.165) is 33.1 Å². The zero-order valence-electron chi connectivity index (χ0n) is 20.0. The number of pyridine rings is 1. The third-order valence-corrected chi connectivity index (χ3v) is 7.47. The topological polar surface area (TPSA) is 102 Å². The summed E-state index contributed by atoms with van der Waals surface area (Å²) in [6.07, 6.45) is 4.76. The molecule has 1 saturated heterocycles. The SMILES string of the molecule is CC(=O)Nc1nc2c(s1)-c1c(c(-c3cccnc3)nn1-c1ccc(C(=O)N3CCOCC3)cc1F)CC2. The number of halogens is 1. The maximum Gasteiger partial charge on any atom is 0.254 e. The Balaban J connectivity index is 1.47. The summed E-state index contributed by atoms with van der Waals surface area (Å²) in [4.78, 5) is 35.9. The zero-order valence-corrected chi connectivity index (χ0v) is 20.8. The number of hydrogen-bond acceptors (Lipinski definition) is 7. The Morgan fingerprint density at radius 2 is 2.00 bits per heavy atom. The first-order chi connectivity index (χ1) is 18.0. The van der Waals surface area contributed by atoms with Crippen LogP contribution in [0.15, 0.2) is 42.7 Å². The quantitative estimate of drug-likeness (QED) is 0.442. The van der Waals surface area contributed by atoms with E-state index in [2.05, 4.69) is 15.3 Å². The van der Waals surface area contributed by atoms with E-state index in [1.54, 1.807) is 34.1 Å². The Morgan fingerprint density at radius 1 is 1.16 bits per heavy atom. The summed E-state index contributed by atoms with van der Waals surface area (Å²) in [6, 6.07) is 8.25. The molecule has 0 spiro atoms. The number of rotatable bonds is 4. The van der Waals surface area contributed by atoms with E-state index in [1.807, 2.05) is 12.1 Å². The van der Waals surface area contributed by atoms with Crippen LogP contribution in [0.3, 0.4) is 0 Å². The fourth-order valence-electron chi connectivity index (χ4n) is 4.74. The number of fused-ring (bicyclic) bond motifs is 3. The van der Waals surface area contributed by atoms with E-state index in [4.69, 9.17) is 9.84 Å². The van der Waals surface area contributed by atoms with Crippen molar-refractivity contribution >= 4 is 28.3 Å². The summed E-state index contributed by atoms with van der Waals surface area (Å²) >= 11 is 1.34. The minimum Gasteiger partial charge on any atom is -0.378 e. The van der Waals surface area contributed by atoms with Gasteiger partial charge in [0.2, 0.25) is 5.91 Å². The molecule has 0 radical (unpaired) electrons. The second-order valence-electron chi connectivity index (χ2n) is 8.88. The highest BCUT2D eigenvalue weighted by molar-refractivity contribution is 7.19. The lowest BCUT2D eigenvalue weighted by Gasteiger charge is -2.27. The summed E-state index contributed by atoms with van der Waals surface area (Å²) in [6.45, 7) is 3.34. The normalized spacial score (nSPS) is 14.7. The Labute approximate surface area is 215 Å². The maximum absolute atomic E-state index is 15.7. The molecule has 9 nitrogen and oxygen atoms in total. The van der Waals surface area contributed by atoms with Crippen molar-refractivity contribution in [3.05, 3.63) is 65.4 Å². The van der Waals surface area contributed by atoms with Crippen LogP contribution in [-0.4, -0.2) is 62.8 Å². The highest BCUT2D eigenvalue weighted by atomic mass is 32.1. The molecule has 4 aromatic rings. The molecule has 37 heavy (non-hydrogen) atoms. The third-order valence-electron chi connectivity index (χ3n) is 6.45. The molecule has 6 rings (SSSR count). The Kier molecular flexibility index (Phi) is 6.01.